The van der Waals surface area contributed by atoms with Crippen LogP contribution < -0.4 is 4.74 Å². The Morgan fingerprint density at radius 2 is 1.66 bits per heavy atom. The summed E-state index contributed by atoms with van der Waals surface area (Å²) in [6, 6.07) is 14.4. The summed E-state index contributed by atoms with van der Waals surface area (Å²) in [4.78, 5) is 15.2. The third kappa shape index (κ3) is 4.32. The Kier molecular flexibility index (Phi) is 6.03. The van der Waals surface area contributed by atoms with Gasteiger partial charge in [-0.2, -0.15) is 0 Å². The molecule has 1 aromatic heterocycles. The third-order valence-electron chi connectivity index (χ3n) is 4.56. The van der Waals surface area contributed by atoms with Gasteiger partial charge in [-0.15, -0.1) is 0 Å². The topological polar surface area (TPSA) is 98.5 Å². The van der Waals surface area contributed by atoms with Crippen LogP contribution in [0.2, 0.25) is 0 Å². The second kappa shape index (κ2) is 8.48. The Hall–Kier alpha value is -3.13. The molecule has 0 saturated heterocycles. The van der Waals surface area contributed by atoms with Crippen molar-refractivity contribution in [3.05, 3.63) is 71.4 Å². The minimum absolute atomic E-state index is 0.153. The van der Waals surface area contributed by atoms with Crippen LogP contribution in [0.25, 0.3) is 5.69 Å². The fourth-order valence-corrected chi connectivity index (χ4v) is 4.70. The van der Waals surface area contributed by atoms with Gasteiger partial charge in [-0.3, -0.25) is 4.57 Å². The number of ether oxygens (including phenoxy) is 1. The van der Waals surface area contributed by atoms with Crippen molar-refractivity contribution >= 4 is 16.0 Å². The second-order valence-electron chi connectivity index (χ2n) is 6.46. The Bertz CT molecular complexity index is 1100. The van der Waals surface area contributed by atoms with E-state index in [2.05, 4.69) is 4.98 Å². The SMILES string of the molecule is CCc1cccc(CC)c1-n1c(OC(=O)O)cnc1S(=O)(=O)Cc1ccccc1. The van der Waals surface area contributed by atoms with E-state index in [1.165, 1.54) is 4.57 Å². The highest BCUT2D eigenvalue weighted by atomic mass is 32.2. The van der Waals surface area contributed by atoms with Crippen molar-refractivity contribution in [1.82, 2.24) is 9.55 Å². The van der Waals surface area contributed by atoms with Crippen molar-refractivity contribution < 1.29 is 23.1 Å². The predicted molar refractivity (Wildman–Crippen MR) is 108 cm³/mol. The van der Waals surface area contributed by atoms with Crippen LogP contribution in [0.5, 0.6) is 5.88 Å². The molecule has 3 rings (SSSR count). The largest absolute Gasteiger partial charge is 0.512 e. The number of rotatable bonds is 7. The number of aromatic nitrogens is 2. The molecule has 0 spiro atoms. The van der Waals surface area contributed by atoms with Crippen molar-refractivity contribution in [1.29, 1.82) is 0 Å². The minimum Gasteiger partial charge on any atom is -0.449 e. The molecule has 7 nitrogen and oxygen atoms in total. The first-order valence-electron chi connectivity index (χ1n) is 9.23. The lowest BCUT2D eigenvalue weighted by atomic mass is 10.0. The van der Waals surface area contributed by atoms with Gasteiger partial charge in [-0.1, -0.05) is 62.4 Å². The summed E-state index contributed by atoms with van der Waals surface area (Å²) < 4.78 is 32.6. The van der Waals surface area contributed by atoms with Crippen molar-refractivity contribution in [3.8, 4) is 11.6 Å². The van der Waals surface area contributed by atoms with Crippen LogP contribution in [0.3, 0.4) is 0 Å². The van der Waals surface area contributed by atoms with Crippen molar-refractivity contribution in [2.24, 2.45) is 0 Å². The normalized spacial score (nSPS) is 11.4. The Labute approximate surface area is 169 Å². The maximum absolute atomic E-state index is 13.2. The molecule has 0 amide bonds. The Morgan fingerprint density at radius 1 is 1.03 bits per heavy atom. The molecule has 0 radical (unpaired) electrons. The molecule has 0 aliphatic carbocycles. The van der Waals surface area contributed by atoms with Crippen LogP contribution >= 0.6 is 0 Å². The predicted octanol–water partition coefficient (Wildman–Crippen LogP) is 4.03. The molecule has 0 atom stereocenters. The quantitative estimate of drug-likeness (QED) is 0.586. The molecule has 2 aromatic carbocycles. The monoisotopic (exact) mass is 414 g/mol. The molecule has 0 bridgehead atoms. The van der Waals surface area contributed by atoms with Gasteiger partial charge in [-0.05, 0) is 29.5 Å². The van der Waals surface area contributed by atoms with Crippen LogP contribution in [0.4, 0.5) is 4.79 Å². The van der Waals surface area contributed by atoms with E-state index < -0.39 is 16.0 Å². The molecule has 29 heavy (non-hydrogen) atoms. The number of hydrogen-bond donors (Lipinski definition) is 1. The number of nitrogens with zero attached hydrogens (tertiary/aromatic N) is 2. The zero-order chi connectivity index (χ0) is 21.0. The lowest BCUT2D eigenvalue weighted by Gasteiger charge is -2.18. The number of carbonyl (C=O) groups is 1. The summed E-state index contributed by atoms with van der Waals surface area (Å²) in [5.74, 6) is -0.410. The summed E-state index contributed by atoms with van der Waals surface area (Å²) in [5.41, 5.74) is 2.95. The van der Waals surface area contributed by atoms with Crippen LogP contribution in [0, 0.1) is 0 Å². The molecule has 3 aromatic rings. The van der Waals surface area contributed by atoms with Gasteiger partial charge in [-0.25, -0.2) is 18.2 Å². The van der Waals surface area contributed by atoms with Crippen molar-refractivity contribution in [3.63, 3.8) is 0 Å². The highest BCUT2D eigenvalue weighted by Gasteiger charge is 2.28. The Balaban J connectivity index is 2.24. The summed E-state index contributed by atoms with van der Waals surface area (Å²) in [6.07, 6.45) is 0.862. The first-order chi connectivity index (χ1) is 13.9. The van der Waals surface area contributed by atoms with Crippen LogP contribution in [0.1, 0.15) is 30.5 Å². The van der Waals surface area contributed by atoms with Gasteiger partial charge in [0.15, 0.2) is 0 Å². The number of imidazole rings is 1. The lowest BCUT2D eigenvalue weighted by molar-refractivity contribution is 0.141. The molecular weight excluding hydrogens is 392 g/mol. The van der Waals surface area contributed by atoms with E-state index in [0.29, 0.717) is 24.1 Å². The molecule has 152 valence electrons. The summed E-state index contributed by atoms with van der Waals surface area (Å²) in [5, 5.41) is 8.88. The van der Waals surface area contributed by atoms with E-state index in [4.69, 9.17) is 9.84 Å². The summed E-state index contributed by atoms with van der Waals surface area (Å²) in [7, 11) is -3.88. The van der Waals surface area contributed by atoms with Crippen LogP contribution in [-0.4, -0.2) is 29.2 Å². The summed E-state index contributed by atoms with van der Waals surface area (Å²) >= 11 is 0. The fraction of sp³-hybridized carbons (Fsp3) is 0.238. The molecule has 0 aliphatic heterocycles. The molecular formula is C21H22N2O5S. The van der Waals surface area contributed by atoms with Gasteiger partial charge in [0.2, 0.25) is 20.9 Å². The molecule has 8 heteroatoms. The van der Waals surface area contributed by atoms with E-state index in [0.717, 1.165) is 17.3 Å². The van der Waals surface area contributed by atoms with Gasteiger partial charge < -0.3 is 9.84 Å². The van der Waals surface area contributed by atoms with Crippen molar-refractivity contribution in [2.45, 2.75) is 37.6 Å². The number of aryl methyl sites for hydroxylation is 2. The number of para-hydroxylation sites is 1. The second-order valence-corrected chi connectivity index (χ2v) is 8.34. The van der Waals surface area contributed by atoms with Gasteiger partial charge >= 0.3 is 6.16 Å². The van der Waals surface area contributed by atoms with Gasteiger partial charge in [0.1, 0.15) is 0 Å². The first kappa shape index (κ1) is 20.6. The highest BCUT2D eigenvalue weighted by molar-refractivity contribution is 7.90. The molecule has 1 heterocycles. The third-order valence-corrected chi connectivity index (χ3v) is 6.11. The summed E-state index contributed by atoms with van der Waals surface area (Å²) in [6.45, 7) is 3.90. The van der Waals surface area contributed by atoms with Gasteiger partial charge in [0.05, 0.1) is 17.6 Å². The van der Waals surface area contributed by atoms with Gasteiger partial charge in [0, 0.05) is 0 Å². The maximum atomic E-state index is 13.2. The van der Waals surface area contributed by atoms with E-state index in [9.17, 15) is 13.2 Å². The number of sulfone groups is 1. The Morgan fingerprint density at radius 3 is 2.21 bits per heavy atom. The van der Waals surface area contributed by atoms with Crippen LogP contribution in [-0.2, 0) is 28.4 Å². The minimum atomic E-state index is -3.88. The standard InChI is InChI=1S/C21H22N2O5S/c1-3-16-11-8-12-17(4-2)19(16)23-18(28-21(24)25)13-22-20(23)29(26,27)14-15-9-6-5-7-10-15/h5-13H,3-4,14H2,1-2H3,(H,24,25). The van der Waals surface area contributed by atoms with E-state index in [1.54, 1.807) is 30.3 Å². The smallest absolute Gasteiger partial charge is 0.449 e. The molecule has 0 aliphatic rings. The van der Waals surface area contributed by atoms with E-state index in [1.807, 2.05) is 32.0 Å². The molecule has 0 unspecified atom stereocenters. The molecule has 0 saturated carbocycles. The van der Waals surface area contributed by atoms with Crippen LogP contribution in [0.15, 0.2) is 59.9 Å². The fourth-order valence-electron chi connectivity index (χ4n) is 3.27. The zero-order valence-corrected chi connectivity index (χ0v) is 17.0. The number of benzene rings is 2. The highest BCUT2D eigenvalue weighted by Crippen LogP contribution is 2.31. The average Bonchev–Trinajstić information content (AvgIpc) is 3.11. The lowest BCUT2D eigenvalue weighted by Crippen LogP contribution is -2.16. The number of hydrogen-bond acceptors (Lipinski definition) is 5. The zero-order valence-electron chi connectivity index (χ0n) is 16.2. The molecule has 0 fully saturated rings. The molecule has 1 N–H and O–H groups in total. The average molecular weight is 414 g/mol. The van der Waals surface area contributed by atoms with E-state index in [-0.39, 0.29) is 16.8 Å². The van der Waals surface area contributed by atoms with Crippen molar-refractivity contribution in [2.75, 3.05) is 0 Å². The van der Waals surface area contributed by atoms with Gasteiger partial charge in [0.25, 0.3) is 0 Å². The maximum Gasteiger partial charge on any atom is 0.512 e. The first-order valence-corrected chi connectivity index (χ1v) is 10.9. The van der Waals surface area contributed by atoms with E-state index >= 15 is 0 Å². The number of carboxylic acid groups (broad SMARTS) is 1.